The lowest BCUT2D eigenvalue weighted by Crippen LogP contribution is -2.23. The van der Waals surface area contributed by atoms with Crippen molar-refractivity contribution < 1.29 is 9.13 Å². The Morgan fingerprint density at radius 1 is 0.950 bits per heavy atom. The summed E-state index contributed by atoms with van der Waals surface area (Å²) in [5.74, 6) is 0.664. The van der Waals surface area contributed by atoms with Gasteiger partial charge in [-0.05, 0) is 37.6 Å². The average Bonchev–Trinajstić information content (AvgIpc) is 2.47. The second kappa shape index (κ2) is 6.53. The van der Waals surface area contributed by atoms with Crippen LogP contribution in [0.4, 0.5) is 4.39 Å². The van der Waals surface area contributed by atoms with Gasteiger partial charge in [0.25, 0.3) is 0 Å². The number of hydrogen-bond acceptors (Lipinski definition) is 2. The first-order chi connectivity index (χ1) is 9.61. The van der Waals surface area contributed by atoms with Crippen LogP contribution in [0.2, 0.25) is 0 Å². The number of benzene rings is 2. The van der Waals surface area contributed by atoms with Crippen LogP contribution in [0.1, 0.15) is 37.1 Å². The predicted molar refractivity (Wildman–Crippen MR) is 79.4 cm³/mol. The van der Waals surface area contributed by atoms with E-state index in [4.69, 9.17) is 4.74 Å². The highest BCUT2D eigenvalue weighted by Gasteiger charge is 2.13. The highest BCUT2D eigenvalue weighted by atomic mass is 19.1. The van der Waals surface area contributed by atoms with E-state index in [9.17, 15) is 4.39 Å². The Hall–Kier alpha value is -1.87. The Bertz CT molecular complexity index is 553. The summed E-state index contributed by atoms with van der Waals surface area (Å²) in [4.78, 5) is 0. The van der Waals surface area contributed by atoms with Gasteiger partial charge in [-0.15, -0.1) is 0 Å². The highest BCUT2D eigenvalue weighted by Crippen LogP contribution is 2.22. The van der Waals surface area contributed by atoms with Gasteiger partial charge in [-0.25, -0.2) is 4.39 Å². The molecular weight excluding hydrogens is 253 g/mol. The normalized spacial score (nSPS) is 13.8. The third-order valence-corrected chi connectivity index (χ3v) is 3.49. The van der Waals surface area contributed by atoms with Crippen molar-refractivity contribution in [3.8, 4) is 5.75 Å². The van der Waals surface area contributed by atoms with Crippen molar-refractivity contribution >= 4 is 0 Å². The van der Waals surface area contributed by atoms with E-state index in [0.29, 0.717) is 5.56 Å². The molecule has 0 heterocycles. The first-order valence-corrected chi connectivity index (χ1v) is 6.76. The average molecular weight is 273 g/mol. The van der Waals surface area contributed by atoms with E-state index < -0.39 is 0 Å². The van der Waals surface area contributed by atoms with E-state index in [2.05, 4.69) is 12.2 Å². The first-order valence-electron chi connectivity index (χ1n) is 6.76. The Morgan fingerprint density at radius 2 is 1.60 bits per heavy atom. The first kappa shape index (κ1) is 14.5. The standard InChI is InChI=1S/C17H20FNO/c1-12(14-8-10-15(20-3)11-9-14)19-13(2)16-6-4-5-7-17(16)18/h4-13,19H,1-3H3/t12-,13?/m0/s1. The largest absolute Gasteiger partial charge is 0.497 e. The molecule has 0 saturated heterocycles. The molecule has 1 unspecified atom stereocenters. The lowest BCUT2D eigenvalue weighted by Gasteiger charge is -2.21. The molecule has 0 saturated carbocycles. The zero-order valence-electron chi connectivity index (χ0n) is 12.1. The maximum Gasteiger partial charge on any atom is 0.127 e. The Kier molecular flexibility index (Phi) is 4.74. The Labute approximate surface area is 119 Å². The fourth-order valence-corrected chi connectivity index (χ4v) is 2.28. The monoisotopic (exact) mass is 273 g/mol. The summed E-state index contributed by atoms with van der Waals surface area (Å²) in [5.41, 5.74) is 1.84. The number of hydrogen-bond donors (Lipinski definition) is 1. The molecule has 2 aromatic rings. The predicted octanol–water partition coefficient (Wildman–Crippen LogP) is 4.25. The summed E-state index contributed by atoms with van der Waals surface area (Å²) < 4.78 is 18.9. The highest BCUT2D eigenvalue weighted by molar-refractivity contribution is 5.29. The molecular formula is C17H20FNO. The molecule has 3 heteroatoms. The summed E-state index contributed by atoms with van der Waals surface area (Å²) in [7, 11) is 1.65. The molecule has 2 atom stereocenters. The smallest absolute Gasteiger partial charge is 0.127 e. The summed E-state index contributed by atoms with van der Waals surface area (Å²) in [6.07, 6.45) is 0. The van der Waals surface area contributed by atoms with Gasteiger partial charge in [-0.2, -0.15) is 0 Å². The molecule has 0 aliphatic heterocycles. The summed E-state index contributed by atoms with van der Waals surface area (Å²) >= 11 is 0. The SMILES string of the molecule is COc1ccc([C@H](C)NC(C)c2ccccc2F)cc1. The van der Waals surface area contributed by atoms with Gasteiger partial charge < -0.3 is 10.1 Å². The van der Waals surface area contributed by atoms with E-state index in [0.717, 1.165) is 11.3 Å². The van der Waals surface area contributed by atoms with Gasteiger partial charge in [-0.3, -0.25) is 0 Å². The van der Waals surface area contributed by atoms with E-state index >= 15 is 0 Å². The molecule has 0 bridgehead atoms. The second-order valence-corrected chi connectivity index (χ2v) is 4.90. The summed E-state index contributed by atoms with van der Waals surface area (Å²) in [5, 5.41) is 3.41. The second-order valence-electron chi connectivity index (χ2n) is 4.90. The molecule has 0 aromatic heterocycles. The quantitative estimate of drug-likeness (QED) is 0.879. The van der Waals surface area contributed by atoms with Crippen LogP contribution >= 0.6 is 0 Å². The number of nitrogens with one attached hydrogen (secondary N) is 1. The number of rotatable bonds is 5. The minimum atomic E-state index is -0.172. The maximum absolute atomic E-state index is 13.7. The topological polar surface area (TPSA) is 21.3 Å². The molecule has 0 fully saturated rings. The van der Waals surface area contributed by atoms with E-state index in [1.165, 1.54) is 6.07 Å². The van der Waals surface area contributed by atoms with Gasteiger partial charge in [0.2, 0.25) is 0 Å². The van der Waals surface area contributed by atoms with Crippen molar-refractivity contribution in [2.75, 3.05) is 7.11 Å². The molecule has 2 nitrogen and oxygen atoms in total. The fraction of sp³-hybridized carbons (Fsp3) is 0.294. The van der Waals surface area contributed by atoms with Crippen LogP contribution < -0.4 is 10.1 Å². The number of ether oxygens (including phenoxy) is 1. The fourth-order valence-electron chi connectivity index (χ4n) is 2.28. The van der Waals surface area contributed by atoms with Crippen LogP contribution in [-0.2, 0) is 0 Å². The van der Waals surface area contributed by atoms with Gasteiger partial charge >= 0.3 is 0 Å². The van der Waals surface area contributed by atoms with Crippen molar-refractivity contribution in [1.29, 1.82) is 0 Å². The molecule has 106 valence electrons. The van der Waals surface area contributed by atoms with Crippen LogP contribution in [0.5, 0.6) is 5.75 Å². The third kappa shape index (κ3) is 3.36. The zero-order chi connectivity index (χ0) is 14.5. The van der Waals surface area contributed by atoms with Crippen molar-refractivity contribution in [3.63, 3.8) is 0 Å². The molecule has 0 aliphatic carbocycles. The van der Waals surface area contributed by atoms with E-state index in [1.807, 2.05) is 43.3 Å². The van der Waals surface area contributed by atoms with Crippen LogP contribution in [-0.4, -0.2) is 7.11 Å². The third-order valence-electron chi connectivity index (χ3n) is 3.49. The Balaban J connectivity index is 2.06. The van der Waals surface area contributed by atoms with Gasteiger partial charge in [0.1, 0.15) is 11.6 Å². The maximum atomic E-state index is 13.7. The minimum absolute atomic E-state index is 0.0479. The van der Waals surface area contributed by atoms with Gasteiger partial charge in [-0.1, -0.05) is 30.3 Å². The molecule has 20 heavy (non-hydrogen) atoms. The lowest BCUT2D eigenvalue weighted by molar-refractivity contribution is 0.414. The van der Waals surface area contributed by atoms with E-state index in [-0.39, 0.29) is 17.9 Å². The van der Waals surface area contributed by atoms with Crippen molar-refractivity contribution in [2.45, 2.75) is 25.9 Å². The van der Waals surface area contributed by atoms with Crippen LogP contribution in [0.3, 0.4) is 0 Å². The van der Waals surface area contributed by atoms with Crippen LogP contribution in [0.15, 0.2) is 48.5 Å². The van der Waals surface area contributed by atoms with Gasteiger partial charge in [0.05, 0.1) is 7.11 Å². The van der Waals surface area contributed by atoms with Crippen molar-refractivity contribution in [2.24, 2.45) is 0 Å². The number of methoxy groups -OCH3 is 1. The van der Waals surface area contributed by atoms with Crippen LogP contribution in [0.25, 0.3) is 0 Å². The van der Waals surface area contributed by atoms with Crippen molar-refractivity contribution in [3.05, 3.63) is 65.5 Å². The van der Waals surface area contributed by atoms with Gasteiger partial charge in [0, 0.05) is 17.6 Å². The molecule has 1 N–H and O–H groups in total. The Morgan fingerprint density at radius 3 is 2.20 bits per heavy atom. The van der Waals surface area contributed by atoms with Crippen molar-refractivity contribution in [1.82, 2.24) is 5.32 Å². The lowest BCUT2D eigenvalue weighted by atomic mass is 10.0. The van der Waals surface area contributed by atoms with E-state index in [1.54, 1.807) is 13.2 Å². The van der Waals surface area contributed by atoms with Crippen LogP contribution in [0, 0.1) is 5.82 Å². The zero-order valence-corrected chi connectivity index (χ0v) is 12.1. The van der Waals surface area contributed by atoms with Gasteiger partial charge in [0.15, 0.2) is 0 Å². The summed E-state index contributed by atoms with van der Waals surface area (Å²) in [6.45, 7) is 4.04. The molecule has 2 rings (SSSR count). The molecule has 2 aromatic carbocycles. The molecule has 0 radical (unpaired) electrons. The summed E-state index contributed by atoms with van der Waals surface area (Å²) in [6, 6.07) is 14.9. The molecule has 0 aliphatic rings. The number of halogens is 1. The minimum Gasteiger partial charge on any atom is -0.497 e. The molecule has 0 spiro atoms. The molecule has 0 amide bonds.